The lowest BCUT2D eigenvalue weighted by Crippen LogP contribution is -2.14. The Morgan fingerprint density at radius 3 is 2.25 bits per heavy atom. The number of nitrogen functional groups attached to an aromatic ring is 1. The monoisotopic (exact) mass is 278 g/mol. The zero-order chi connectivity index (χ0) is 15.1. The number of hydrogen-bond acceptors (Lipinski definition) is 4. The minimum atomic E-state index is -0.539. The highest BCUT2D eigenvalue weighted by Crippen LogP contribution is 2.35. The fourth-order valence-electron chi connectivity index (χ4n) is 1.89. The smallest absolute Gasteiger partial charge is 0.334 e. The van der Waals surface area contributed by atoms with Crippen molar-refractivity contribution in [2.45, 2.75) is 26.2 Å². The largest absolute Gasteiger partial charge is 0.378 e. The highest BCUT2D eigenvalue weighted by Gasteiger charge is 2.33. The van der Waals surface area contributed by atoms with Crippen LogP contribution in [0.3, 0.4) is 0 Å². The molecular weight excluding hydrogens is 263 g/mol. The van der Waals surface area contributed by atoms with E-state index in [9.17, 15) is 14.5 Å². The van der Waals surface area contributed by atoms with E-state index in [-0.39, 0.29) is 11.5 Å². The molecule has 0 aliphatic rings. The van der Waals surface area contributed by atoms with Crippen LogP contribution in [0.15, 0.2) is 24.3 Å². The van der Waals surface area contributed by atoms with E-state index in [4.69, 9.17) is 5.73 Å². The van der Waals surface area contributed by atoms with Crippen molar-refractivity contribution in [3.05, 3.63) is 45.9 Å². The molecule has 7 heteroatoms. The highest BCUT2D eigenvalue weighted by atomic mass is 19.1. The second-order valence-corrected chi connectivity index (χ2v) is 5.48. The molecule has 0 unspecified atom stereocenters. The van der Waals surface area contributed by atoms with Gasteiger partial charge in [-0.15, -0.1) is 0 Å². The maximum absolute atomic E-state index is 12.9. The number of nitro groups is 1. The topological polar surface area (TPSA) is 87.0 Å². The van der Waals surface area contributed by atoms with Gasteiger partial charge in [-0.05, 0) is 24.3 Å². The summed E-state index contributed by atoms with van der Waals surface area (Å²) in [4.78, 5) is 10.7. The van der Waals surface area contributed by atoms with Crippen molar-refractivity contribution in [3.8, 4) is 5.69 Å². The number of nitrogens with two attached hydrogens (primary N) is 1. The Morgan fingerprint density at radius 2 is 1.85 bits per heavy atom. The van der Waals surface area contributed by atoms with Crippen LogP contribution < -0.4 is 5.73 Å². The van der Waals surface area contributed by atoms with Gasteiger partial charge in [0.2, 0.25) is 5.82 Å². The van der Waals surface area contributed by atoms with Crippen LogP contribution in [0.1, 0.15) is 26.5 Å². The normalized spacial score (nSPS) is 11.6. The second-order valence-electron chi connectivity index (χ2n) is 5.48. The van der Waals surface area contributed by atoms with Gasteiger partial charge in [-0.2, -0.15) is 5.10 Å². The Kier molecular flexibility index (Phi) is 3.21. The van der Waals surface area contributed by atoms with Crippen molar-refractivity contribution >= 4 is 11.5 Å². The third-order valence-electron chi connectivity index (χ3n) is 2.86. The van der Waals surface area contributed by atoms with Gasteiger partial charge >= 0.3 is 5.69 Å². The molecule has 1 aromatic carbocycles. The molecule has 0 amide bonds. The van der Waals surface area contributed by atoms with Crippen molar-refractivity contribution < 1.29 is 9.31 Å². The molecule has 0 radical (unpaired) electrons. The third-order valence-corrected chi connectivity index (χ3v) is 2.86. The molecule has 106 valence electrons. The molecule has 0 fully saturated rings. The van der Waals surface area contributed by atoms with Crippen LogP contribution in [0.25, 0.3) is 5.69 Å². The second kappa shape index (κ2) is 4.59. The number of hydrogen-bond donors (Lipinski definition) is 1. The number of rotatable bonds is 2. The Hall–Kier alpha value is -2.44. The molecule has 0 aliphatic carbocycles. The summed E-state index contributed by atoms with van der Waals surface area (Å²) in [5, 5.41) is 15.4. The van der Waals surface area contributed by atoms with E-state index < -0.39 is 16.2 Å². The summed E-state index contributed by atoms with van der Waals surface area (Å²) in [5.41, 5.74) is 5.87. The van der Waals surface area contributed by atoms with E-state index in [1.807, 2.05) is 20.8 Å². The number of aromatic nitrogens is 2. The van der Waals surface area contributed by atoms with E-state index in [2.05, 4.69) is 5.10 Å². The first kappa shape index (κ1) is 14.0. The molecule has 6 nitrogen and oxygen atoms in total. The van der Waals surface area contributed by atoms with Gasteiger partial charge in [0, 0.05) is 5.41 Å². The number of benzene rings is 1. The molecule has 0 bridgehead atoms. The van der Waals surface area contributed by atoms with Crippen molar-refractivity contribution in [2.24, 2.45) is 0 Å². The van der Waals surface area contributed by atoms with Crippen molar-refractivity contribution in [1.29, 1.82) is 0 Å². The average molecular weight is 278 g/mol. The van der Waals surface area contributed by atoms with E-state index in [0.29, 0.717) is 11.4 Å². The predicted molar refractivity (Wildman–Crippen MR) is 73.3 cm³/mol. The van der Waals surface area contributed by atoms with Crippen LogP contribution in [0, 0.1) is 15.9 Å². The van der Waals surface area contributed by atoms with Crippen LogP contribution >= 0.6 is 0 Å². The summed E-state index contributed by atoms with van der Waals surface area (Å²) < 4.78 is 14.2. The van der Waals surface area contributed by atoms with Gasteiger partial charge < -0.3 is 5.73 Å². The third kappa shape index (κ3) is 2.34. The van der Waals surface area contributed by atoms with Crippen LogP contribution in [0.2, 0.25) is 0 Å². The molecule has 1 heterocycles. The average Bonchev–Trinajstić information content (AvgIpc) is 2.68. The van der Waals surface area contributed by atoms with E-state index >= 15 is 0 Å². The quantitative estimate of drug-likeness (QED) is 0.676. The number of halogens is 1. The lowest BCUT2D eigenvalue weighted by Gasteiger charge is -2.13. The molecule has 0 spiro atoms. The van der Waals surface area contributed by atoms with Crippen LogP contribution in [0.5, 0.6) is 0 Å². The Bertz CT molecular complexity index is 656. The highest BCUT2D eigenvalue weighted by molar-refractivity contribution is 5.61. The van der Waals surface area contributed by atoms with Gasteiger partial charge in [-0.3, -0.25) is 10.1 Å². The number of anilines is 1. The molecule has 0 saturated heterocycles. The number of nitrogens with zero attached hydrogens (tertiary/aromatic N) is 3. The molecule has 1 aromatic heterocycles. The zero-order valence-corrected chi connectivity index (χ0v) is 11.4. The molecule has 0 aliphatic heterocycles. The van der Waals surface area contributed by atoms with Gasteiger partial charge in [-0.1, -0.05) is 20.8 Å². The Balaban J connectivity index is 2.67. The van der Waals surface area contributed by atoms with E-state index in [1.54, 1.807) is 0 Å². The first-order valence-corrected chi connectivity index (χ1v) is 6.01. The van der Waals surface area contributed by atoms with Crippen LogP contribution in [-0.2, 0) is 5.41 Å². The summed E-state index contributed by atoms with van der Waals surface area (Å²) in [5.74, 6) is -0.462. The minimum Gasteiger partial charge on any atom is -0.378 e. The molecule has 0 saturated carbocycles. The molecule has 2 aromatic rings. The first-order chi connectivity index (χ1) is 9.21. The fourth-order valence-corrected chi connectivity index (χ4v) is 1.89. The lowest BCUT2D eigenvalue weighted by atomic mass is 9.91. The maximum atomic E-state index is 12.9. The lowest BCUT2D eigenvalue weighted by molar-refractivity contribution is -0.385. The summed E-state index contributed by atoms with van der Waals surface area (Å²) in [6.45, 7) is 5.45. The zero-order valence-electron chi connectivity index (χ0n) is 11.4. The van der Waals surface area contributed by atoms with Crippen molar-refractivity contribution in [1.82, 2.24) is 9.78 Å². The van der Waals surface area contributed by atoms with Crippen molar-refractivity contribution in [2.75, 3.05) is 5.73 Å². The standard InChI is InChI=1S/C13H15FN4O2/c1-13(2,3)11-10(18(19)20)12(15)17(16-11)9-6-4-8(14)5-7-9/h4-7H,15H2,1-3H3. The maximum Gasteiger partial charge on any atom is 0.334 e. The summed E-state index contributed by atoms with van der Waals surface area (Å²) in [7, 11) is 0. The molecule has 20 heavy (non-hydrogen) atoms. The van der Waals surface area contributed by atoms with E-state index in [0.717, 1.165) is 0 Å². The fraction of sp³-hybridized carbons (Fsp3) is 0.308. The molecule has 2 N–H and O–H groups in total. The molecule has 2 rings (SSSR count). The summed E-state index contributed by atoms with van der Waals surface area (Å²) in [6.07, 6.45) is 0. The van der Waals surface area contributed by atoms with Gasteiger partial charge in [0.1, 0.15) is 11.5 Å². The van der Waals surface area contributed by atoms with Gasteiger partial charge in [0.05, 0.1) is 10.6 Å². The summed E-state index contributed by atoms with van der Waals surface area (Å²) in [6, 6.07) is 5.43. The Labute approximate surface area is 115 Å². The van der Waals surface area contributed by atoms with Gasteiger partial charge in [0.25, 0.3) is 0 Å². The van der Waals surface area contributed by atoms with E-state index in [1.165, 1.54) is 28.9 Å². The molecule has 0 atom stereocenters. The molecular formula is C13H15FN4O2. The van der Waals surface area contributed by atoms with Gasteiger partial charge in [-0.25, -0.2) is 9.07 Å². The van der Waals surface area contributed by atoms with Crippen LogP contribution in [-0.4, -0.2) is 14.7 Å². The first-order valence-electron chi connectivity index (χ1n) is 6.01. The predicted octanol–water partition coefficient (Wildman–Crippen LogP) is 2.80. The Morgan fingerprint density at radius 1 is 1.30 bits per heavy atom. The van der Waals surface area contributed by atoms with Gasteiger partial charge in [0.15, 0.2) is 0 Å². The van der Waals surface area contributed by atoms with Crippen molar-refractivity contribution in [3.63, 3.8) is 0 Å². The minimum absolute atomic E-state index is 0.0634. The van der Waals surface area contributed by atoms with Crippen LogP contribution in [0.4, 0.5) is 15.9 Å². The summed E-state index contributed by atoms with van der Waals surface area (Å²) >= 11 is 0. The SMILES string of the molecule is CC(C)(C)c1nn(-c2ccc(F)cc2)c(N)c1[N+](=O)[O-].